The maximum atomic E-state index is 9.24. The van der Waals surface area contributed by atoms with Gasteiger partial charge in [-0.05, 0) is 43.3 Å². The monoisotopic (exact) mass is 281 g/mol. The van der Waals surface area contributed by atoms with Crippen molar-refractivity contribution < 1.29 is 14.4 Å². The highest BCUT2D eigenvalue weighted by molar-refractivity contribution is 5.79. The number of aryl methyl sites for hydroxylation is 1. The molecule has 0 amide bonds. The predicted octanol–water partition coefficient (Wildman–Crippen LogP) is 3.71. The molecule has 0 aliphatic heterocycles. The quantitative estimate of drug-likeness (QED) is 0.575. The summed E-state index contributed by atoms with van der Waals surface area (Å²) in [6.45, 7) is 1.98. The smallest absolute Gasteiger partial charge is 0.137 e. The molecule has 1 N–H and O–H groups in total. The normalized spacial score (nSPS) is 11.8. The second kappa shape index (κ2) is 5.32. The molecular formula is C17H15NO3. The maximum Gasteiger partial charge on any atom is 0.137 e. The van der Waals surface area contributed by atoms with Crippen molar-refractivity contribution in [3.8, 4) is 17.1 Å². The van der Waals surface area contributed by atoms with Crippen LogP contribution >= 0.6 is 0 Å². The second-order valence-electron chi connectivity index (χ2n) is 4.82. The van der Waals surface area contributed by atoms with E-state index in [2.05, 4.69) is 5.16 Å². The van der Waals surface area contributed by atoms with E-state index in [0.29, 0.717) is 16.7 Å². The highest BCUT2D eigenvalue weighted by Crippen LogP contribution is 2.24. The van der Waals surface area contributed by atoms with Gasteiger partial charge < -0.3 is 14.4 Å². The van der Waals surface area contributed by atoms with Crippen LogP contribution in [0, 0.1) is 6.92 Å². The predicted molar refractivity (Wildman–Crippen MR) is 80.3 cm³/mol. The Labute approximate surface area is 121 Å². The van der Waals surface area contributed by atoms with Gasteiger partial charge in [0.2, 0.25) is 0 Å². The maximum absolute atomic E-state index is 9.24. The Bertz CT molecular complexity index is 848. The average Bonchev–Trinajstić information content (AvgIpc) is 2.54. The van der Waals surface area contributed by atoms with Crippen LogP contribution in [0.3, 0.4) is 0 Å². The van der Waals surface area contributed by atoms with E-state index in [4.69, 9.17) is 9.15 Å². The minimum absolute atomic E-state index is 0.491. The molecule has 21 heavy (non-hydrogen) atoms. The molecule has 0 saturated carbocycles. The van der Waals surface area contributed by atoms with Crippen LogP contribution in [0.4, 0.5) is 0 Å². The summed E-state index contributed by atoms with van der Waals surface area (Å²) >= 11 is 0. The Morgan fingerprint density at radius 2 is 1.81 bits per heavy atom. The van der Waals surface area contributed by atoms with Gasteiger partial charge in [-0.3, -0.25) is 0 Å². The number of fused-ring (bicyclic) bond motifs is 1. The molecule has 0 spiro atoms. The number of hydrogen-bond acceptors (Lipinski definition) is 4. The average molecular weight is 281 g/mol. The first kappa shape index (κ1) is 13.2. The van der Waals surface area contributed by atoms with Gasteiger partial charge in [-0.25, -0.2) is 0 Å². The van der Waals surface area contributed by atoms with Crippen LogP contribution in [0.1, 0.15) is 5.56 Å². The van der Waals surface area contributed by atoms with Crippen LogP contribution in [0.5, 0.6) is 5.75 Å². The van der Waals surface area contributed by atoms with Crippen molar-refractivity contribution >= 4 is 11.0 Å². The van der Waals surface area contributed by atoms with Crippen LogP contribution < -0.4 is 10.1 Å². The van der Waals surface area contributed by atoms with Gasteiger partial charge in [0.1, 0.15) is 22.5 Å². The molecule has 4 nitrogen and oxygen atoms in total. The molecule has 0 unspecified atom stereocenters. The molecule has 3 aromatic rings. The largest absolute Gasteiger partial charge is 0.497 e. The molecule has 0 radical (unpaired) electrons. The Morgan fingerprint density at radius 1 is 1.05 bits per heavy atom. The third-order valence-corrected chi connectivity index (χ3v) is 3.38. The Morgan fingerprint density at radius 3 is 2.48 bits per heavy atom. The summed E-state index contributed by atoms with van der Waals surface area (Å²) in [5.41, 5.74) is 2.66. The summed E-state index contributed by atoms with van der Waals surface area (Å²) in [7, 11) is 1.63. The topological polar surface area (TPSA) is 55.0 Å². The fraction of sp³-hybridized carbons (Fsp3) is 0.118. The zero-order chi connectivity index (χ0) is 14.8. The molecule has 0 fully saturated rings. The summed E-state index contributed by atoms with van der Waals surface area (Å²) in [4.78, 5) is 0. The molecule has 0 aliphatic carbocycles. The van der Waals surface area contributed by atoms with Crippen molar-refractivity contribution in [2.75, 3.05) is 7.11 Å². The van der Waals surface area contributed by atoms with E-state index in [1.807, 2.05) is 49.4 Å². The zero-order valence-corrected chi connectivity index (χ0v) is 11.8. The van der Waals surface area contributed by atoms with Crippen molar-refractivity contribution in [2.24, 2.45) is 5.16 Å². The minimum Gasteiger partial charge on any atom is -0.497 e. The van der Waals surface area contributed by atoms with E-state index in [0.717, 1.165) is 22.3 Å². The van der Waals surface area contributed by atoms with Gasteiger partial charge in [0, 0.05) is 17.0 Å². The van der Waals surface area contributed by atoms with Crippen molar-refractivity contribution in [2.45, 2.75) is 6.92 Å². The number of ether oxygens (including phenoxy) is 1. The molecule has 3 rings (SSSR count). The van der Waals surface area contributed by atoms with E-state index in [1.165, 1.54) is 0 Å². The highest BCUT2D eigenvalue weighted by atomic mass is 16.5. The molecule has 1 heterocycles. The van der Waals surface area contributed by atoms with Crippen LogP contribution in [0.25, 0.3) is 22.3 Å². The molecule has 0 atom stereocenters. The summed E-state index contributed by atoms with van der Waals surface area (Å²) in [5.74, 6) is 1.42. The van der Waals surface area contributed by atoms with Crippen LogP contribution in [0.15, 0.2) is 58.1 Å². The first-order valence-corrected chi connectivity index (χ1v) is 6.58. The fourth-order valence-electron chi connectivity index (χ4n) is 2.26. The van der Waals surface area contributed by atoms with Crippen molar-refractivity contribution in [1.82, 2.24) is 0 Å². The standard InChI is InChI=1S/C17H15NO3/c1-11-3-8-16-14(9-11)15(18-19)10-17(21-16)12-4-6-13(20-2)7-5-12/h3-10,19H,1-2H3/b18-15+. The number of methoxy groups -OCH3 is 1. The zero-order valence-electron chi connectivity index (χ0n) is 11.8. The highest BCUT2D eigenvalue weighted by Gasteiger charge is 2.06. The van der Waals surface area contributed by atoms with Crippen molar-refractivity contribution in [3.05, 3.63) is 59.5 Å². The molecule has 0 aliphatic rings. The summed E-state index contributed by atoms with van der Waals surface area (Å²) in [5, 5.41) is 13.9. The van der Waals surface area contributed by atoms with Gasteiger partial charge >= 0.3 is 0 Å². The van der Waals surface area contributed by atoms with E-state index >= 15 is 0 Å². The number of nitrogens with zero attached hydrogens (tertiary/aromatic N) is 1. The lowest BCUT2D eigenvalue weighted by Gasteiger charge is -2.06. The van der Waals surface area contributed by atoms with E-state index < -0.39 is 0 Å². The van der Waals surface area contributed by atoms with Crippen molar-refractivity contribution in [1.29, 1.82) is 0 Å². The van der Waals surface area contributed by atoms with Crippen LogP contribution in [-0.2, 0) is 0 Å². The van der Waals surface area contributed by atoms with Gasteiger partial charge in [-0.15, -0.1) is 0 Å². The Kier molecular flexibility index (Phi) is 3.36. The summed E-state index contributed by atoms with van der Waals surface area (Å²) < 4.78 is 11.1. The van der Waals surface area contributed by atoms with Gasteiger partial charge in [0.15, 0.2) is 0 Å². The van der Waals surface area contributed by atoms with E-state index in [1.54, 1.807) is 13.2 Å². The number of rotatable bonds is 2. The van der Waals surface area contributed by atoms with E-state index in [-0.39, 0.29) is 0 Å². The SMILES string of the molecule is COc1ccc(-c2c/c(=N\O)c3cc(C)ccc3o2)cc1. The fourth-order valence-corrected chi connectivity index (χ4v) is 2.26. The van der Waals surface area contributed by atoms with E-state index in [9.17, 15) is 5.21 Å². The molecular weight excluding hydrogens is 266 g/mol. The lowest BCUT2D eigenvalue weighted by molar-refractivity contribution is 0.302. The number of benzene rings is 2. The number of hydrogen-bond donors (Lipinski definition) is 1. The van der Waals surface area contributed by atoms with Crippen LogP contribution in [0.2, 0.25) is 0 Å². The van der Waals surface area contributed by atoms with Gasteiger partial charge in [0.05, 0.1) is 7.11 Å². The first-order chi connectivity index (χ1) is 10.2. The summed E-state index contributed by atoms with van der Waals surface area (Å²) in [6, 6.07) is 15.0. The van der Waals surface area contributed by atoms with Gasteiger partial charge in [-0.2, -0.15) is 0 Å². The minimum atomic E-state index is 0.491. The first-order valence-electron chi connectivity index (χ1n) is 6.58. The van der Waals surface area contributed by atoms with Gasteiger partial charge in [0.25, 0.3) is 0 Å². The molecule has 106 valence electrons. The molecule has 4 heteroatoms. The molecule has 0 bridgehead atoms. The third kappa shape index (κ3) is 2.48. The van der Waals surface area contributed by atoms with Crippen LogP contribution in [-0.4, -0.2) is 12.3 Å². The van der Waals surface area contributed by atoms with Gasteiger partial charge in [-0.1, -0.05) is 16.8 Å². The third-order valence-electron chi connectivity index (χ3n) is 3.38. The Hall–Kier alpha value is -2.75. The Balaban J connectivity index is 2.21. The molecule has 0 saturated heterocycles. The molecule has 1 aromatic heterocycles. The summed E-state index contributed by atoms with van der Waals surface area (Å²) in [6.07, 6.45) is 0. The lowest BCUT2D eigenvalue weighted by Crippen LogP contribution is -2.03. The lowest BCUT2D eigenvalue weighted by atomic mass is 10.1. The van der Waals surface area contributed by atoms with Crippen molar-refractivity contribution in [3.63, 3.8) is 0 Å². The molecule has 2 aromatic carbocycles. The second-order valence-corrected chi connectivity index (χ2v) is 4.82.